The number of hydrogen-bond donors (Lipinski definition) is 0. The Hall–Kier alpha value is -2.24. The topological polar surface area (TPSA) is 63.9 Å². The molecule has 19 heavy (non-hydrogen) atoms. The van der Waals surface area contributed by atoms with Gasteiger partial charge in [0.15, 0.2) is 0 Å². The molecule has 1 aromatic heterocycles. The van der Waals surface area contributed by atoms with E-state index in [1.165, 1.54) is 6.33 Å². The van der Waals surface area contributed by atoms with Crippen LogP contribution in [0.15, 0.2) is 30.6 Å². The van der Waals surface area contributed by atoms with E-state index in [2.05, 4.69) is 15.5 Å². The van der Waals surface area contributed by atoms with Gasteiger partial charge in [-0.25, -0.2) is 4.68 Å². The molecule has 1 amide bonds. The zero-order chi connectivity index (χ0) is 13.7. The number of hydrogen-bond acceptors (Lipinski definition) is 4. The predicted octanol–water partition coefficient (Wildman–Crippen LogP) is 1.07. The van der Waals surface area contributed by atoms with Crippen molar-refractivity contribution in [2.45, 2.75) is 20.3 Å². The van der Waals surface area contributed by atoms with E-state index in [4.69, 9.17) is 0 Å². The van der Waals surface area contributed by atoms with Crippen molar-refractivity contribution in [3.8, 4) is 5.69 Å². The molecule has 6 heteroatoms. The SMILES string of the molecule is CCN(CC)C(=O)Cc1ccc(-n2cnnn2)cc1. The summed E-state index contributed by atoms with van der Waals surface area (Å²) in [6.45, 7) is 5.47. The fraction of sp³-hybridized carbons (Fsp3) is 0.385. The predicted molar refractivity (Wildman–Crippen MR) is 70.8 cm³/mol. The van der Waals surface area contributed by atoms with Crippen molar-refractivity contribution in [1.82, 2.24) is 25.1 Å². The molecule has 0 N–H and O–H groups in total. The molecule has 0 radical (unpaired) electrons. The van der Waals surface area contributed by atoms with Crippen molar-refractivity contribution >= 4 is 5.91 Å². The molecule has 0 bridgehead atoms. The van der Waals surface area contributed by atoms with Gasteiger partial charge in [0.25, 0.3) is 0 Å². The van der Waals surface area contributed by atoms with Crippen LogP contribution in [0, 0.1) is 0 Å². The van der Waals surface area contributed by atoms with Gasteiger partial charge < -0.3 is 4.90 Å². The highest BCUT2D eigenvalue weighted by molar-refractivity contribution is 5.78. The van der Waals surface area contributed by atoms with Gasteiger partial charge in [0.05, 0.1) is 12.1 Å². The Labute approximate surface area is 112 Å². The molecule has 0 spiro atoms. The van der Waals surface area contributed by atoms with Gasteiger partial charge in [-0.15, -0.1) is 5.10 Å². The number of carbonyl (C=O) groups excluding carboxylic acids is 1. The summed E-state index contributed by atoms with van der Waals surface area (Å²) in [6, 6.07) is 7.67. The van der Waals surface area contributed by atoms with Crippen LogP contribution < -0.4 is 0 Å². The molecule has 0 unspecified atom stereocenters. The molecule has 6 nitrogen and oxygen atoms in total. The number of amides is 1. The molecule has 2 aromatic rings. The highest BCUT2D eigenvalue weighted by atomic mass is 16.2. The number of tetrazole rings is 1. The minimum atomic E-state index is 0.153. The number of carbonyl (C=O) groups is 1. The Bertz CT molecular complexity index is 516. The third-order valence-corrected chi connectivity index (χ3v) is 3.02. The lowest BCUT2D eigenvalue weighted by atomic mass is 10.1. The second-order valence-electron chi connectivity index (χ2n) is 4.16. The van der Waals surface area contributed by atoms with Gasteiger partial charge in [-0.1, -0.05) is 12.1 Å². The second kappa shape index (κ2) is 6.08. The molecule has 2 rings (SSSR count). The number of rotatable bonds is 5. The summed E-state index contributed by atoms with van der Waals surface area (Å²) >= 11 is 0. The van der Waals surface area contributed by atoms with Gasteiger partial charge in [-0.2, -0.15) is 0 Å². The van der Waals surface area contributed by atoms with E-state index in [1.807, 2.05) is 43.0 Å². The van der Waals surface area contributed by atoms with Gasteiger partial charge in [0, 0.05) is 13.1 Å². The Morgan fingerprint density at radius 2 is 1.89 bits per heavy atom. The molecule has 100 valence electrons. The highest BCUT2D eigenvalue weighted by Gasteiger charge is 2.10. The molecule has 0 aliphatic rings. The van der Waals surface area contributed by atoms with Crippen molar-refractivity contribution in [2.24, 2.45) is 0 Å². The maximum atomic E-state index is 12.0. The Balaban J connectivity index is 2.05. The Morgan fingerprint density at radius 1 is 1.21 bits per heavy atom. The van der Waals surface area contributed by atoms with Crippen LogP contribution in [0.5, 0.6) is 0 Å². The standard InChI is InChI=1S/C13H17N5O/c1-3-17(4-2)13(19)9-11-5-7-12(8-6-11)18-10-14-15-16-18/h5-8,10H,3-4,9H2,1-2H3. The zero-order valence-corrected chi connectivity index (χ0v) is 11.2. The normalized spacial score (nSPS) is 10.4. The quantitative estimate of drug-likeness (QED) is 0.805. The molecule has 0 saturated carbocycles. The summed E-state index contributed by atoms with van der Waals surface area (Å²) in [5, 5.41) is 11.0. The van der Waals surface area contributed by atoms with Crippen molar-refractivity contribution < 1.29 is 4.79 Å². The second-order valence-corrected chi connectivity index (χ2v) is 4.16. The highest BCUT2D eigenvalue weighted by Crippen LogP contribution is 2.09. The van der Waals surface area contributed by atoms with E-state index in [1.54, 1.807) is 4.68 Å². The van der Waals surface area contributed by atoms with Crippen LogP contribution in [-0.2, 0) is 11.2 Å². The van der Waals surface area contributed by atoms with Gasteiger partial charge >= 0.3 is 0 Å². The molecule has 0 aliphatic heterocycles. The van der Waals surface area contributed by atoms with Crippen molar-refractivity contribution in [3.05, 3.63) is 36.2 Å². The van der Waals surface area contributed by atoms with Gasteiger partial charge in [0.1, 0.15) is 6.33 Å². The summed E-state index contributed by atoms with van der Waals surface area (Å²) in [5.74, 6) is 0.153. The van der Waals surface area contributed by atoms with Gasteiger partial charge in [-0.3, -0.25) is 4.79 Å². The average molecular weight is 259 g/mol. The molecule has 1 aromatic carbocycles. The molecule has 0 atom stereocenters. The van der Waals surface area contributed by atoms with Gasteiger partial charge in [-0.05, 0) is 42.0 Å². The zero-order valence-electron chi connectivity index (χ0n) is 11.2. The van der Waals surface area contributed by atoms with Crippen LogP contribution in [0.1, 0.15) is 19.4 Å². The lowest BCUT2D eigenvalue weighted by molar-refractivity contribution is -0.130. The summed E-state index contributed by atoms with van der Waals surface area (Å²) in [6.07, 6.45) is 1.97. The fourth-order valence-electron chi connectivity index (χ4n) is 1.91. The smallest absolute Gasteiger partial charge is 0.226 e. The van der Waals surface area contributed by atoms with E-state index in [0.717, 1.165) is 24.3 Å². The molecule has 0 fully saturated rings. The summed E-state index contributed by atoms with van der Waals surface area (Å²) in [4.78, 5) is 13.8. The molecule has 0 aliphatic carbocycles. The van der Waals surface area contributed by atoms with E-state index >= 15 is 0 Å². The Kier molecular flexibility index (Phi) is 4.22. The summed E-state index contributed by atoms with van der Waals surface area (Å²) in [5.41, 5.74) is 1.87. The first-order valence-corrected chi connectivity index (χ1v) is 6.34. The van der Waals surface area contributed by atoms with Crippen LogP contribution in [0.3, 0.4) is 0 Å². The average Bonchev–Trinajstić information content (AvgIpc) is 2.95. The minimum Gasteiger partial charge on any atom is -0.343 e. The van der Waals surface area contributed by atoms with Crippen LogP contribution in [0.4, 0.5) is 0 Å². The van der Waals surface area contributed by atoms with Crippen LogP contribution in [0.25, 0.3) is 5.69 Å². The maximum Gasteiger partial charge on any atom is 0.226 e. The molecule has 1 heterocycles. The largest absolute Gasteiger partial charge is 0.343 e. The third-order valence-electron chi connectivity index (χ3n) is 3.02. The minimum absolute atomic E-state index is 0.153. The molecular weight excluding hydrogens is 242 g/mol. The van der Waals surface area contributed by atoms with Crippen LogP contribution >= 0.6 is 0 Å². The fourth-order valence-corrected chi connectivity index (χ4v) is 1.91. The van der Waals surface area contributed by atoms with Crippen LogP contribution in [-0.4, -0.2) is 44.1 Å². The lowest BCUT2D eigenvalue weighted by Gasteiger charge is -2.18. The lowest BCUT2D eigenvalue weighted by Crippen LogP contribution is -2.31. The van der Waals surface area contributed by atoms with Crippen LogP contribution in [0.2, 0.25) is 0 Å². The monoisotopic (exact) mass is 259 g/mol. The van der Waals surface area contributed by atoms with E-state index in [9.17, 15) is 4.79 Å². The van der Waals surface area contributed by atoms with E-state index in [0.29, 0.717) is 6.42 Å². The first-order valence-electron chi connectivity index (χ1n) is 6.34. The molecular formula is C13H17N5O. The third kappa shape index (κ3) is 3.15. The summed E-state index contributed by atoms with van der Waals surface area (Å²) in [7, 11) is 0. The van der Waals surface area contributed by atoms with Gasteiger partial charge in [0.2, 0.25) is 5.91 Å². The Morgan fingerprint density at radius 3 is 2.42 bits per heavy atom. The van der Waals surface area contributed by atoms with E-state index < -0.39 is 0 Å². The number of nitrogens with zero attached hydrogens (tertiary/aromatic N) is 5. The first-order chi connectivity index (χ1) is 9.24. The first kappa shape index (κ1) is 13.2. The summed E-state index contributed by atoms with van der Waals surface area (Å²) < 4.78 is 1.58. The maximum absolute atomic E-state index is 12.0. The van der Waals surface area contributed by atoms with Crippen molar-refractivity contribution in [2.75, 3.05) is 13.1 Å². The number of likely N-dealkylation sites (N-methyl/N-ethyl adjacent to an activating group) is 1. The van der Waals surface area contributed by atoms with Crippen molar-refractivity contribution in [3.63, 3.8) is 0 Å². The van der Waals surface area contributed by atoms with E-state index in [-0.39, 0.29) is 5.91 Å². The van der Waals surface area contributed by atoms with Crippen molar-refractivity contribution in [1.29, 1.82) is 0 Å². The number of benzene rings is 1. The number of aromatic nitrogens is 4. The molecule has 0 saturated heterocycles.